The molecule has 26 heavy (non-hydrogen) atoms. The van der Waals surface area contributed by atoms with Crippen molar-refractivity contribution in [1.82, 2.24) is 9.88 Å². The summed E-state index contributed by atoms with van der Waals surface area (Å²) in [4.78, 5) is 30.2. The molecular formula is C20H17BrN2O3. The van der Waals surface area contributed by atoms with E-state index in [1.165, 1.54) is 4.90 Å². The highest BCUT2D eigenvalue weighted by molar-refractivity contribution is 9.10. The van der Waals surface area contributed by atoms with Gasteiger partial charge in [-0.1, -0.05) is 58.4 Å². The number of fused-ring (bicyclic) bond motifs is 1. The van der Waals surface area contributed by atoms with E-state index in [1.54, 1.807) is 19.2 Å². The Balaban J connectivity index is 1.59. The summed E-state index contributed by atoms with van der Waals surface area (Å²) >= 11 is 3.45. The fraction of sp³-hybridized carbons (Fsp3) is 0.150. The molecule has 0 saturated carbocycles. The average molecular weight is 413 g/mol. The molecule has 1 amide bonds. The van der Waals surface area contributed by atoms with Crippen LogP contribution in [0.2, 0.25) is 0 Å². The van der Waals surface area contributed by atoms with Gasteiger partial charge in [-0.2, -0.15) is 0 Å². The van der Waals surface area contributed by atoms with Crippen LogP contribution in [-0.4, -0.2) is 35.4 Å². The topological polar surface area (TPSA) is 59.5 Å². The zero-order valence-corrected chi connectivity index (χ0v) is 15.8. The number of esters is 1. The van der Waals surface area contributed by atoms with E-state index < -0.39 is 5.97 Å². The average Bonchev–Trinajstić information content (AvgIpc) is 2.67. The Bertz CT molecular complexity index is 958. The van der Waals surface area contributed by atoms with Gasteiger partial charge >= 0.3 is 5.97 Å². The minimum Gasteiger partial charge on any atom is -0.451 e. The summed E-state index contributed by atoms with van der Waals surface area (Å²) in [6.07, 6.45) is 0. The van der Waals surface area contributed by atoms with E-state index in [2.05, 4.69) is 20.9 Å². The van der Waals surface area contributed by atoms with Gasteiger partial charge in [-0.15, -0.1) is 0 Å². The molecule has 1 heterocycles. The van der Waals surface area contributed by atoms with Crippen LogP contribution in [0.5, 0.6) is 0 Å². The number of ether oxygens (including phenoxy) is 1. The molecule has 0 bridgehead atoms. The van der Waals surface area contributed by atoms with Crippen molar-refractivity contribution in [1.29, 1.82) is 0 Å². The molecular weight excluding hydrogens is 396 g/mol. The zero-order chi connectivity index (χ0) is 18.5. The van der Waals surface area contributed by atoms with Gasteiger partial charge in [0, 0.05) is 23.5 Å². The van der Waals surface area contributed by atoms with Crippen molar-refractivity contribution in [2.75, 3.05) is 13.7 Å². The number of likely N-dealkylation sites (N-methyl/N-ethyl adjacent to an activating group) is 1. The van der Waals surface area contributed by atoms with E-state index in [1.807, 2.05) is 48.5 Å². The highest BCUT2D eigenvalue weighted by Gasteiger charge is 2.15. The molecule has 0 aliphatic rings. The van der Waals surface area contributed by atoms with Crippen LogP contribution in [0.3, 0.4) is 0 Å². The Kier molecular flexibility index (Phi) is 5.63. The number of hydrogen-bond acceptors (Lipinski definition) is 4. The maximum absolute atomic E-state index is 12.2. The molecule has 0 saturated heterocycles. The summed E-state index contributed by atoms with van der Waals surface area (Å²) < 4.78 is 6.05. The minimum absolute atomic E-state index is 0.185. The van der Waals surface area contributed by atoms with E-state index in [9.17, 15) is 9.59 Å². The van der Waals surface area contributed by atoms with Gasteiger partial charge in [0.25, 0.3) is 5.91 Å². The van der Waals surface area contributed by atoms with Crippen LogP contribution in [-0.2, 0) is 16.1 Å². The van der Waals surface area contributed by atoms with Crippen LogP contribution in [0.4, 0.5) is 0 Å². The predicted octanol–water partition coefficient (Wildman–Crippen LogP) is 3.81. The number of aromatic nitrogens is 1. The standard InChI is InChI=1S/C20H17BrN2O3/c1-23(12-15-7-2-4-8-16(15)21)19(24)13-26-20(25)18-11-10-14-6-3-5-9-17(14)22-18/h2-11H,12-13H2,1H3. The monoisotopic (exact) mass is 412 g/mol. The molecule has 0 spiro atoms. The third kappa shape index (κ3) is 4.26. The van der Waals surface area contributed by atoms with Crippen LogP contribution < -0.4 is 0 Å². The van der Waals surface area contributed by atoms with Gasteiger partial charge in [0.15, 0.2) is 6.61 Å². The number of para-hydroxylation sites is 1. The van der Waals surface area contributed by atoms with Crippen molar-refractivity contribution in [2.45, 2.75) is 6.54 Å². The number of pyridine rings is 1. The Morgan fingerprint density at radius 3 is 2.58 bits per heavy atom. The van der Waals surface area contributed by atoms with Gasteiger partial charge in [-0.3, -0.25) is 4.79 Å². The van der Waals surface area contributed by atoms with Crippen LogP contribution in [0, 0.1) is 0 Å². The number of nitrogens with zero attached hydrogens (tertiary/aromatic N) is 2. The van der Waals surface area contributed by atoms with E-state index >= 15 is 0 Å². The van der Waals surface area contributed by atoms with Crippen molar-refractivity contribution >= 4 is 38.7 Å². The van der Waals surface area contributed by atoms with Crippen molar-refractivity contribution in [3.8, 4) is 0 Å². The molecule has 1 aromatic heterocycles. The molecule has 5 nitrogen and oxygen atoms in total. The number of hydrogen-bond donors (Lipinski definition) is 0. The first-order valence-corrected chi connectivity index (χ1v) is 8.84. The highest BCUT2D eigenvalue weighted by Crippen LogP contribution is 2.17. The summed E-state index contributed by atoms with van der Waals surface area (Å²) in [7, 11) is 1.67. The molecule has 3 rings (SSSR count). The first-order valence-electron chi connectivity index (χ1n) is 8.05. The van der Waals surface area contributed by atoms with E-state index in [0.717, 1.165) is 15.4 Å². The molecule has 2 aromatic carbocycles. The quantitative estimate of drug-likeness (QED) is 0.597. The van der Waals surface area contributed by atoms with Gasteiger partial charge in [-0.25, -0.2) is 9.78 Å². The summed E-state index contributed by atoms with van der Waals surface area (Å²) in [5.74, 6) is -0.895. The largest absolute Gasteiger partial charge is 0.451 e. The second-order valence-corrected chi connectivity index (χ2v) is 6.66. The van der Waals surface area contributed by atoms with Gasteiger partial charge in [0.1, 0.15) is 5.69 Å². The van der Waals surface area contributed by atoms with Crippen LogP contribution in [0.15, 0.2) is 65.1 Å². The molecule has 0 unspecified atom stereocenters. The van der Waals surface area contributed by atoms with Gasteiger partial charge in [-0.05, 0) is 23.8 Å². The molecule has 0 fully saturated rings. The highest BCUT2D eigenvalue weighted by atomic mass is 79.9. The lowest BCUT2D eigenvalue weighted by atomic mass is 10.2. The number of carbonyl (C=O) groups excluding carboxylic acids is 2. The maximum atomic E-state index is 12.2. The summed E-state index contributed by atoms with van der Waals surface area (Å²) in [6.45, 7) is 0.0975. The number of benzene rings is 2. The number of halogens is 1. The fourth-order valence-corrected chi connectivity index (χ4v) is 2.87. The Labute approximate surface area is 159 Å². The fourth-order valence-electron chi connectivity index (χ4n) is 2.46. The van der Waals surface area contributed by atoms with Gasteiger partial charge < -0.3 is 9.64 Å². The van der Waals surface area contributed by atoms with Crippen LogP contribution >= 0.6 is 15.9 Å². The second-order valence-electron chi connectivity index (χ2n) is 5.81. The molecule has 6 heteroatoms. The predicted molar refractivity (Wildman–Crippen MR) is 103 cm³/mol. The SMILES string of the molecule is CN(Cc1ccccc1Br)C(=O)COC(=O)c1ccc2ccccc2n1. The third-order valence-electron chi connectivity index (χ3n) is 3.93. The van der Waals surface area contributed by atoms with E-state index in [4.69, 9.17) is 4.74 Å². The third-order valence-corrected chi connectivity index (χ3v) is 4.70. The first kappa shape index (κ1) is 18.1. The Morgan fingerprint density at radius 2 is 1.77 bits per heavy atom. The lowest BCUT2D eigenvalue weighted by Gasteiger charge is -2.18. The summed E-state index contributed by atoms with van der Waals surface area (Å²) in [5, 5.41) is 0.938. The molecule has 0 radical (unpaired) electrons. The Hall–Kier alpha value is -2.73. The first-order chi connectivity index (χ1) is 12.5. The maximum Gasteiger partial charge on any atom is 0.357 e. The summed E-state index contributed by atoms with van der Waals surface area (Å²) in [5.41, 5.74) is 1.87. The Morgan fingerprint density at radius 1 is 1.04 bits per heavy atom. The number of amides is 1. The molecule has 0 aliphatic carbocycles. The summed E-state index contributed by atoms with van der Waals surface area (Å²) in [6, 6.07) is 18.6. The van der Waals surface area contributed by atoms with Crippen molar-refractivity contribution < 1.29 is 14.3 Å². The number of rotatable bonds is 5. The minimum atomic E-state index is -0.613. The molecule has 132 valence electrons. The van der Waals surface area contributed by atoms with Crippen LogP contribution in [0.1, 0.15) is 16.1 Å². The molecule has 0 N–H and O–H groups in total. The van der Waals surface area contributed by atoms with Gasteiger partial charge in [0.2, 0.25) is 0 Å². The molecule has 0 atom stereocenters. The van der Waals surface area contributed by atoms with E-state index in [-0.39, 0.29) is 18.2 Å². The molecule has 0 aliphatic heterocycles. The number of carbonyl (C=O) groups is 2. The van der Waals surface area contributed by atoms with Crippen molar-refractivity contribution in [3.05, 3.63) is 76.4 Å². The van der Waals surface area contributed by atoms with Crippen LogP contribution in [0.25, 0.3) is 10.9 Å². The van der Waals surface area contributed by atoms with Crippen molar-refractivity contribution in [3.63, 3.8) is 0 Å². The second kappa shape index (κ2) is 8.10. The smallest absolute Gasteiger partial charge is 0.357 e. The van der Waals surface area contributed by atoms with Crippen molar-refractivity contribution in [2.24, 2.45) is 0 Å². The normalized spacial score (nSPS) is 10.5. The lowest BCUT2D eigenvalue weighted by Crippen LogP contribution is -2.31. The van der Waals surface area contributed by atoms with Gasteiger partial charge in [0.05, 0.1) is 5.52 Å². The molecule has 3 aromatic rings. The lowest BCUT2D eigenvalue weighted by molar-refractivity contribution is -0.133. The van der Waals surface area contributed by atoms with E-state index in [0.29, 0.717) is 12.1 Å². The zero-order valence-electron chi connectivity index (χ0n) is 14.2.